The second-order valence-electron chi connectivity index (χ2n) is 12.6. The van der Waals surface area contributed by atoms with Crippen molar-refractivity contribution in [2.45, 2.75) is 70.1 Å². The minimum absolute atomic E-state index is 0.205. The maximum atomic E-state index is 10.8. The highest BCUT2D eigenvalue weighted by molar-refractivity contribution is 5.63. The van der Waals surface area contributed by atoms with Crippen LogP contribution in [0.15, 0.2) is 91.0 Å². The summed E-state index contributed by atoms with van der Waals surface area (Å²) in [5.41, 5.74) is 7.33. The number of hydrogen-bond donors (Lipinski definition) is 2. The summed E-state index contributed by atoms with van der Waals surface area (Å²) in [5, 5.41) is 21.7. The Kier molecular flexibility index (Phi) is 5.98. The van der Waals surface area contributed by atoms with Crippen LogP contribution in [0.2, 0.25) is 0 Å². The number of phenols is 2. The van der Waals surface area contributed by atoms with E-state index in [0.717, 1.165) is 17.5 Å². The van der Waals surface area contributed by atoms with Crippen molar-refractivity contribution in [3.8, 4) is 11.5 Å². The molecule has 0 aromatic heterocycles. The summed E-state index contributed by atoms with van der Waals surface area (Å²) in [5.74, 6) is 0.896. The molecule has 1 unspecified atom stereocenters. The van der Waals surface area contributed by atoms with E-state index in [1.807, 2.05) is 12.1 Å². The zero-order valence-electron chi connectivity index (χ0n) is 22.8. The summed E-state index contributed by atoms with van der Waals surface area (Å²) >= 11 is 0. The van der Waals surface area contributed by atoms with Gasteiger partial charge in [0.05, 0.1) is 0 Å². The highest BCUT2D eigenvalue weighted by Gasteiger charge is 2.47. The molecule has 1 aliphatic carbocycles. The van der Waals surface area contributed by atoms with Crippen molar-refractivity contribution >= 4 is 0 Å². The molecule has 1 atom stereocenters. The fourth-order valence-electron chi connectivity index (χ4n) is 6.22. The van der Waals surface area contributed by atoms with Crippen LogP contribution in [0.4, 0.5) is 0 Å². The summed E-state index contributed by atoms with van der Waals surface area (Å²) in [6.45, 7) is 12.9. The van der Waals surface area contributed by atoms with Crippen molar-refractivity contribution in [2.24, 2.45) is 0 Å². The Bertz CT molecular complexity index is 1370. The monoisotopic (exact) mass is 490 g/mol. The zero-order chi connectivity index (χ0) is 26.6. The molecule has 0 fully saturated rings. The van der Waals surface area contributed by atoms with Gasteiger partial charge in [0.25, 0.3) is 0 Å². The largest absolute Gasteiger partial charge is 0.508 e. The van der Waals surface area contributed by atoms with Crippen molar-refractivity contribution in [1.82, 2.24) is 0 Å². The lowest BCUT2D eigenvalue weighted by Gasteiger charge is -2.35. The maximum Gasteiger partial charge on any atom is 0.119 e. The minimum Gasteiger partial charge on any atom is -0.508 e. The van der Waals surface area contributed by atoms with E-state index in [9.17, 15) is 10.2 Å². The van der Waals surface area contributed by atoms with Crippen LogP contribution >= 0.6 is 0 Å². The standard InChI is InChI=1S/C35H38O2/c1-33(2,3)29-20-24(16-18-31(29)36)35(25-17-19-32(37)30(21-25)34(4,5)6)22-27(23-12-8-7-9-13-23)26-14-10-11-15-28(26)35/h7-21,27,36-37H,22H2,1-6H3. The Morgan fingerprint density at radius 1 is 0.622 bits per heavy atom. The Labute approximate surface area is 221 Å². The first-order valence-electron chi connectivity index (χ1n) is 13.3. The molecule has 0 saturated carbocycles. The van der Waals surface area contributed by atoms with E-state index in [4.69, 9.17) is 0 Å². The summed E-state index contributed by atoms with van der Waals surface area (Å²) in [6, 6.07) is 31.9. The number of phenolic OH excluding ortho intramolecular Hbond substituents is 2. The van der Waals surface area contributed by atoms with Crippen LogP contribution in [0.25, 0.3) is 0 Å². The number of benzene rings is 4. The third-order valence-electron chi connectivity index (χ3n) is 8.10. The van der Waals surface area contributed by atoms with Gasteiger partial charge in [-0.15, -0.1) is 0 Å². The van der Waals surface area contributed by atoms with Gasteiger partial charge in [-0.05, 0) is 68.3 Å². The van der Waals surface area contributed by atoms with Crippen LogP contribution in [0, 0.1) is 0 Å². The average Bonchev–Trinajstić information content (AvgIpc) is 3.20. The van der Waals surface area contributed by atoms with Crippen molar-refractivity contribution < 1.29 is 10.2 Å². The van der Waals surface area contributed by atoms with Gasteiger partial charge in [-0.25, -0.2) is 0 Å². The summed E-state index contributed by atoms with van der Waals surface area (Å²) in [7, 11) is 0. The van der Waals surface area contributed by atoms with E-state index < -0.39 is 5.41 Å². The third-order valence-corrected chi connectivity index (χ3v) is 8.10. The molecule has 190 valence electrons. The molecule has 0 spiro atoms. The van der Waals surface area contributed by atoms with Crippen LogP contribution in [-0.4, -0.2) is 10.2 Å². The Hall–Kier alpha value is -3.52. The van der Waals surface area contributed by atoms with Crippen LogP contribution in [0.3, 0.4) is 0 Å². The lowest BCUT2D eigenvalue weighted by Crippen LogP contribution is -2.28. The molecular formula is C35H38O2. The van der Waals surface area contributed by atoms with Crippen molar-refractivity contribution in [3.05, 3.63) is 130 Å². The van der Waals surface area contributed by atoms with Gasteiger partial charge in [0.1, 0.15) is 11.5 Å². The minimum atomic E-state index is -0.432. The number of hydrogen-bond acceptors (Lipinski definition) is 2. The first kappa shape index (κ1) is 25.1. The predicted molar refractivity (Wildman–Crippen MR) is 153 cm³/mol. The second kappa shape index (κ2) is 8.80. The van der Waals surface area contributed by atoms with Gasteiger partial charge in [0, 0.05) is 11.3 Å². The Morgan fingerprint density at radius 3 is 1.62 bits per heavy atom. The van der Waals surface area contributed by atoms with Crippen LogP contribution in [0.5, 0.6) is 11.5 Å². The fourth-order valence-corrected chi connectivity index (χ4v) is 6.22. The van der Waals surface area contributed by atoms with Crippen LogP contribution < -0.4 is 0 Å². The topological polar surface area (TPSA) is 40.5 Å². The van der Waals surface area contributed by atoms with Gasteiger partial charge in [0.15, 0.2) is 0 Å². The molecule has 2 heteroatoms. The van der Waals surface area contributed by atoms with E-state index in [2.05, 4.69) is 120 Å². The third kappa shape index (κ3) is 4.23. The molecule has 4 aromatic carbocycles. The van der Waals surface area contributed by atoms with Gasteiger partial charge in [-0.2, -0.15) is 0 Å². The molecule has 0 radical (unpaired) electrons. The summed E-state index contributed by atoms with van der Waals surface area (Å²) in [4.78, 5) is 0. The molecule has 0 aliphatic heterocycles. The summed E-state index contributed by atoms with van der Waals surface area (Å²) in [6.07, 6.45) is 0.874. The SMILES string of the molecule is CC(C)(C)c1cc(C2(c3ccc(O)c(C(C)(C)C)c3)CC(c3ccccc3)c3ccccc32)ccc1O. The van der Waals surface area contributed by atoms with Gasteiger partial charge in [-0.3, -0.25) is 0 Å². The molecule has 37 heavy (non-hydrogen) atoms. The van der Waals surface area contributed by atoms with E-state index in [0.29, 0.717) is 11.5 Å². The van der Waals surface area contributed by atoms with Gasteiger partial charge < -0.3 is 10.2 Å². The second-order valence-corrected chi connectivity index (χ2v) is 12.6. The smallest absolute Gasteiger partial charge is 0.119 e. The molecule has 4 aromatic rings. The number of rotatable bonds is 3. The molecule has 0 amide bonds. The fraction of sp³-hybridized carbons (Fsp3) is 0.314. The first-order valence-corrected chi connectivity index (χ1v) is 13.3. The van der Waals surface area contributed by atoms with Crippen molar-refractivity contribution in [3.63, 3.8) is 0 Å². The summed E-state index contributed by atoms with van der Waals surface area (Å²) < 4.78 is 0. The van der Waals surface area contributed by atoms with Crippen molar-refractivity contribution in [1.29, 1.82) is 0 Å². The number of fused-ring (bicyclic) bond motifs is 1. The average molecular weight is 491 g/mol. The van der Waals surface area contributed by atoms with E-state index in [1.165, 1.54) is 27.8 Å². The quantitative estimate of drug-likeness (QED) is 0.302. The highest BCUT2D eigenvalue weighted by Crippen LogP contribution is 2.57. The molecule has 5 rings (SSSR count). The van der Waals surface area contributed by atoms with Crippen LogP contribution in [-0.2, 0) is 16.2 Å². The zero-order valence-corrected chi connectivity index (χ0v) is 22.8. The highest BCUT2D eigenvalue weighted by atomic mass is 16.3. The molecule has 2 nitrogen and oxygen atoms in total. The van der Waals surface area contributed by atoms with E-state index in [-0.39, 0.29) is 16.7 Å². The van der Waals surface area contributed by atoms with Crippen LogP contribution in [0.1, 0.15) is 92.8 Å². The molecule has 0 saturated heterocycles. The van der Waals surface area contributed by atoms with E-state index >= 15 is 0 Å². The van der Waals surface area contributed by atoms with Crippen molar-refractivity contribution in [2.75, 3.05) is 0 Å². The van der Waals surface area contributed by atoms with Gasteiger partial charge >= 0.3 is 0 Å². The molecule has 1 aliphatic rings. The van der Waals surface area contributed by atoms with Gasteiger partial charge in [-0.1, -0.05) is 120 Å². The Morgan fingerprint density at radius 2 is 1.11 bits per heavy atom. The maximum absolute atomic E-state index is 10.8. The van der Waals surface area contributed by atoms with E-state index in [1.54, 1.807) is 0 Å². The lowest BCUT2D eigenvalue weighted by atomic mass is 9.67. The molecule has 0 bridgehead atoms. The first-order chi connectivity index (χ1) is 17.4. The molecule has 0 heterocycles. The molecule has 2 N–H and O–H groups in total. The predicted octanol–water partition coefficient (Wildman–Crippen LogP) is 8.56. The van der Waals surface area contributed by atoms with Gasteiger partial charge in [0.2, 0.25) is 0 Å². The molecular weight excluding hydrogens is 452 g/mol. The number of aromatic hydroxyl groups is 2. The lowest BCUT2D eigenvalue weighted by molar-refractivity contribution is 0.443. The Balaban J connectivity index is 1.85. The normalized spacial score (nSPS) is 17.0.